The van der Waals surface area contributed by atoms with Crippen LogP contribution in [0, 0.1) is 0 Å². The number of amides is 1. The summed E-state index contributed by atoms with van der Waals surface area (Å²) < 4.78 is 16.1. The fraction of sp³-hybridized carbons (Fsp3) is 0.286. The van der Waals surface area contributed by atoms with Gasteiger partial charge in [0, 0.05) is 24.7 Å². The van der Waals surface area contributed by atoms with Crippen LogP contribution in [0.3, 0.4) is 0 Å². The quantitative estimate of drug-likeness (QED) is 0.213. The highest BCUT2D eigenvalue weighted by Crippen LogP contribution is 2.35. The summed E-state index contributed by atoms with van der Waals surface area (Å²) in [5.41, 5.74) is 3.53. The number of nitrogens with one attached hydrogen (secondary N) is 1. The van der Waals surface area contributed by atoms with Crippen LogP contribution in [0.1, 0.15) is 18.2 Å². The predicted molar refractivity (Wildman–Crippen MR) is 119 cm³/mol. The van der Waals surface area contributed by atoms with Gasteiger partial charge in [-0.25, -0.2) is 0 Å². The molecule has 168 valence electrons. The zero-order valence-corrected chi connectivity index (χ0v) is 19.0. The third-order valence-corrected chi connectivity index (χ3v) is 5.80. The van der Waals surface area contributed by atoms with Crippen molar-refractivity contribution in [3.05, 3.63) is 53.4 Å². The number of halogens is 1. The molecule has 1 aliphatic heterocycles. The molecule has 2 aromatic carbocycles. The van der Waals surface area contributed by atoms with Gasteiger partial charge in [0.05, 0.1) is 31.0 Å². The molecule has 0 spiro atoms. The zero-order valence-electron chi connectivity index (χ0n) is 17.4. The predicted octanol–water partition coefficient (Wildman–Crippen LogP) is 3.89. The summed E-state index contributed by atoms with van der Waals surface area (Å²) in [4.78, 5) is 19.7. The first-order valence-corrected chi connectivity index (χ1v) is 11.1. The monoisotopic (exact) mass is 476 g/mol. The van der Waals surface area contributed by atoms with E-state index in [-0.39, 0.29) is 18.2 Å². The molecule has 1 amide bonds. The van der Waals surface area contributed by atoms with Crippen LogP contribution in [0.25, 0.3) is 0 Å². The highest BCUT2D eigenvalue weighted by molar-refractivity contribution is 7.99. The fourth-order valence-corrected chi connectivity index (χ4v) is 3.99. The lowest BCUT2D eigenvalue weighted by Crippen LogP contribution is -2.24. The van der Waals surface area contributed by atoms with Crippen molar-refractivity contribution in [2.75, 3.05) is 31.5 Å². The summed E-state index contributed by atoms with van der Waals surface area (Å²) >= 11 is 7.49. The van der Waals surface area contributed by atoms with Crippen LogP contribution in [-0.4, -0.2) is 42.7 Å². The summed E-state index contributed by atoms with van der Waals surface area (Å²) in [7, 11) is 3.14. The maximum atomic E-state index is 12.5. The third kappa shape index (κ3) is 5.09. The number of carbonyl (C=O) groups is 1. The van der Waals surface area contributed by atoms with Gasteiger partial charge in [0.2, 0.25) is 11.8 Å². The number of hydrogen-bond donors (Lipinski definition) is 1. The molecule has 4 rings (SSSR count). The molecule has 0 radical (unpaired) electrons. The Morgan fingerprint density at radius 3 is 2.81 bits per heavy atom. The number of nitrogens with zero attached hydrogens (tertiary/aromatic N) is 3. The maximum absolute atomic E-state index is 12.5. The Kier molecular flexibility index (Phi) is 7.03. The average molecular weight is 477 g/mol. The van der Waals surface area contributed by atoms with Gasteiger partial charge in [0.25, 0.3) is 5.22 Å². The third-order valence-electron chi connectivity index (χ3n) is 4.83. The van der Waals surface area contributed by atoms with E-state index in [1.54, 1.807) is 43.4 Å². The molecule has 3 aromatic rings. The van der Waals surface area contributed by atoms with Gasteiger partial charge in [-0.05, 0) is 42.1 Å². The number of hydroxylamine groups is 1. The summed E-state index contributed by atoms with van der Waals surface area (Å²) in [5.74, 6) is 2.48. The van der Waals surface area contributed by atoms with E-state index >= 15 is 0 Å². The molecular weight excluding hydrogens is 456 g/mol. The second kappa shape index (κ2) is 10.1. The van der Waals surface area contributed by atoms with Crippen molar-refractivity contribution in [2.24, 2.45) is 0 Å². The molecule has 1 saturated heterocycles. The van der Waals surface area contributed by atoms with Crippen molar-refractivity contribution in [1.82, 2.24) is 15.7 Å². The summed E-state index contributed by atoms with van der Waals surface area (Å²) in [6, 6.07) is 12.5. The molecular formula is C21H21ClN4O5S. The number of hydrogen-bond acceptors (Lipinski definition) is 9. The Morgan fingerprint density at radius 2 is 2.03 bits per heavy atom. The molecule has 1 atom stereocenters. The Bertz CT molecular complexity index is 1100. The molecule has 1 aromatic heterocycles. The minimum absolute atomic E-state index is 0.0306. The summed E-state index contributed by atoms with van der Waals surface area (Å²) in [5, 5.41) is 9.01. The van der Waals surface area contributed by atoms with Gasteiger partial charge in [-0.3, -0.25) is 4.79 Å². The molecule has 0 aliphatic carbocycles. The first-order chi connectivity index (χ1) is 15.6. The number of rotatable bonds is 9. The topological polar surface area (TPSA) is 99.0 Å². The van der Waals surface area contributed by atoms with Gasteiger partial charge in [-0.2, -0.15) is 0 Å². The Labute approximate surface area is 193 Å². The molecule has 0 bridgehead atoms. The van der Waals surface area contributed by atoms with Crippen LogP contribution in [0.2, 0.25) is 5.02 Å². The molecule has 32 heavy (non-hydrogen) atoms. The number of benzene rings is 2. The first kappa shape index (κ1) is 22.3. The Balaban J connectivity index is 1.30. The molecule has 1 unspecified atom stereocenters. The largest absolute Gasteiger partial charge is 0.497 e. The lowest BCUT2D eigenvalue weighted by molar-refractivity contribution is -0.117. The number of carbonyl (C=O) groups excluding carboxylic acids is 1. The fourth-order valence-electron chi connectivity index (χ4n) is 3.26. The second-order valence-corrected chi connectivity index (χ2v) is 8.18. The van der Waals surface area contributed by atoms with Crippen molar-refractivity contribution < 1.29 is 23.5 Å². The van der Waals surface area contributed by atoms with E-state index in [9.17, 15) is 4.79 Å². The van der Waals surface area contributed by atoms with E-state index in [0.29, 0.717) is 51.5 Å². The van der Waals surface area contributed by atoms with Crippen molar-refractivity contribution in [2.45, 2.75) is 17.6 Å². The number of aromatic nitrogens is 2. The van der Waals surface area contributed by atoms with Gasteiger partial charge >= 0.3 is 0 Å². The SMILES string of the molecule is COc1cccc(ONCSc2nnc(C3CC(=O)N(c4ccc(OC)c(Cl)c4)C3)o2)c1. The standard InChI is InChI=1S/C21H21ClN4O5S/c1-28-15-4-3-5-16(10-15)31-23-12-32-21-25-24-20(30-21)13-8-19(27)26(11-13)14-6-7-18(29-2)17(22)9-14/h3-7,9-10,13,23H,8,11-12H2,1-2H3. The minimum atomic E-state index is -0.189. The van der Waals surface area contributed by atoms with E-state index in [2.05, 4.69) is 15.7 Å². The molecule has 11 heteroatoms. The Hall–Kier alpha value is -2.95. The lowest BCUT2D eigenvalue weighted by Gasteiger charge is -2.17. The van der Waals surface area contributed by atoms with E-state index in [0.717, 1.165) is 0 Å². The molecule has 1 aliphatic rings. The smallest absolute Gasteiger partial charge is 0.277 e. The highest BCUT2D eigenvalue weighted by atomic mass is 35.5. The van der Waals surface area contributed by atoms with Crippen LogP contribution in [0.4, 0.5) is 5.69 Å². The number of anilines is 1. The normalized spacial score (nSPS) is 15.8. The minimum Gasteiger partial charge on any atom is -0.497 e. The van der Waals surface area contributed by atoms with Crippen LogP contribution < -0.4 is 24.7 Å². The van der Waals surface area contributed by atoms with Gasteiger partial charge in [-0.1, -0.05) is 17.7 Å². The van der Waals surface area contributed by atoms with Gasteiger partial charge in [-0.15, -0.1) is 15.7 Å². The average Bonchev–Trinajstić information content (AvgIpc) is 3.43. The lowest BCUT2D eigenvalue weighted by atomic mass is 10.1. The highest BCUT2D eigenvalue weighted by Gasteiger charge is 2.35. The van der Waals surface area contributed by atoms with Gasteiger partial charge in [0.1, 0.15) is 11.5 Å². The summed E-state index contributed by atoms with van der Waals surface area (Å²) in [6.45, 7) is 0.436. The Morgan fingerprint density at radius 1 is 1.19 bits per heavy atom. The van der Waals surface area contributed by atoms with Crippen LogP contribution >= 0.6 is 23.4 Å². The van der Waals surface area contributed by atoms with Crippen LogP contribution in [0.15, 0.2) is 52.1 Å². The van der Waals surface area contributed by atoms with E-state index in [4.69, 9.17) is 30.3 Å². The maximum Gasteiger partial charge on any atom is 0.277 e. The summed E-state index contributed by atoms with van der Waals surface area (Å²) in [6.07, 6.45) is 0.285. The van der Waals surface area contributed by atoms with Gasteiger partial charge in [0.15, 0.2) is 5.75 Å². The first-order valence-electron chi connectivity index (χ1n) is 9.71. The van der Waals surface area contributed by atoms with Crippen LogP contribution in [0.5, 0.6) is 17.2 Å². The van der Waals surface area contributed by atoms with E-state index in [1.807, 2.05) is 18.2 Å². The molecule has 0 saturated carbocycles. The van der Waals surface area contributed by atoms with E-state index in [1.165, 1.54) is 11.8 Å². The number of thioether (sulfide) groups is 1. The van der Waals surface area contributed by atoms with Crippen LogP contribution in [-0.2, 0) is 4.79 Å². The molecule has 9 nitrogen and oxygen atoms in total. The van der Waals surface area contributed by atoms with Gasteiger partial charge < -0.3 is 23.6 Å². The second-order valence-electron chi connectivity index (χ2n) is 6.84. The van der Waals surface area contributed by atoms with Crippen molar-refractivity contribution in [1.29, 1.82) is 0 Å². The number of ether oxygens (including phenoxy) is 2. The van der Waals surface area contributed by atoms with Crippen molar-refractivity contribution in [3.63, 3.8) is 0 Å². The van der Waals surface area contributed by atoms with E-state index < -0.39 is 0 Å². The van der Waals surface area contributed by atoms with Crippen molar-refractivity contribution >= 4 is 35.0 Å². The zero-order chi connectivity index (χ0) is 22.5. The van der Waals surface area contributed by atoms with Crippen molar-refractivity contribution in [3.8, 4) is 17.2 Å². The molecule has 1 N–H and O–H groups in total. The number of methoxy groups -OCH3 is 2. The molecule has 2 heterocycles. The molecule has 1 fully saturated rings.